The molecule has 1 saturated carbocycles. The molecule has 2 aliphatic rings. The molecule has 0 aromatic heterocycles. The molecule has 18 heavy (non-hydrogen) atoms. The van der Waals surface area contributed by atoms with Crippen molar-refractivity contribution in [1.82, 2.24) is 10.6 Å². The molecule has 2 rings (SSSR count). The third-order valence-electron chi connectivity index (χ3n) is 4.40. The first-order valence-corrected chi connectivity index (χ1v) is 7.13. The molecule has 4 atom stereocenters. The van der Waals surface area contributed by atoms with E-state index < -0.39 is 0 Å². The second-order valence-electron chi connectivity index (χ2n) is 6.05. The molecule has 1 saturated heterocycles. The van der Waals surface area contributed by atoms with Crippen molar-refractivity contribution in [2.75, 3.05) is 6.54 Å². The highest BCUT2D eigenvalue weighted by Crippen LogP contribution is 2.28. The second-order valence-corrected chi connectivity index (χ2v) is 6.05. The van der Waals surface area contributed by atoms with Crippen LogP contribution in [0.4, 0.5) is 0 Å². The summed E-state index contributed by atoms with van der Waals surface area (Å²) in [6.07, 6.45) is 4.67. The first-order chi connectivity index (χ1) is 8.56. The molecule has 1 aliphatic carbocycles. The highest BCUT2D eigenvalue weighted by Gasteiger charge is 2.30. The quantitative estimate of drug-likeness (QED) is 0.781. The van der Waals surface area contributed by atoms with Crippen molar-refractivity contribution in [1.29, 1.82) is 0 Å². The van der Waals surface area contributed by atoms with Gasteiger partial charge in [0.05, 0.1) is 5.92 Å². The average molecular weight is 252 g/mol. The average Bonchev–Trinajstić information content (AvgIpc) is 2.33. The topological polar surface area (TPSA) is 58.2 Å². The molecule has 0 aromatic rings. The Morgan fingerprint density at radius 1 is 1.28 bits per heavy atom. The van der Waals surface area contributed by atoms with Crippen LogP contribution in [0.15, 0.2) is 0 Å². The molecule has 2 N–H and O–H groups in total. The molecule has 2 amide bonds. The fourth-order valence-corrected chi connectivity index (χ4v) is 3.14. The molecule has 0 spiro atoms. The second kappa shape index (κ2) is 5.72. The van der Waals surface area contributed by atoms with Gasteiger partial charge in [-0.1, -0.05) is 13.8 Å². The van der Waals surface area contributed by atoms with Gasteiger partial charge in [0.15, 0.2) is 0 Å². The van der Waals surface area contributed by atoms with Gasteiger partial charge in [0.25, 0.3) is 0 Å². The van der Waals surface area contributed by atoms with E-state index in [-0.39, 0.29) is 17.7 Å². The third-order valence-corrected chi connectivity index (χ3v) is 4.40. The number of rotatable bonds is 2. The number of hydrogen-bond donors (Lipinski definition) is 2. The van der Waals surface area contributed by atoms with Crippen LogP contribution in [0.1, 0.15) is 46.0 Å². The lowest BCUT2D eigenvalue weighted by atomic mass is 9.79. The van der Waals surface area contributed by atoms with E-state index in [0.717, 1.165) is 12.3 Å². The number of amides is 2. The smallest absolute Gasteiger partial charge is 0.225 e. The molecule has 0 bridgehead atoms. The summed E-state index contributed by atoms with van der Waals surface area (Å²) >= 11 is 0. The van der Waals surface area contributed by atoms with Crippen molar-refractivity contribution >= 4 is 11.8 Å². The van der Waals surface area contributed by atoms with Gasteiger partial charge in [0.2, 0.25) is 11.8 Å². The summed E-state index contributed by atoms with van der Waals surface area (Å²) in [5.74, 6) is 1.51. The first-order valence-electron chi connectivity index (χ1n) is 7.13. The van der Waals surface area contributed by atoms with E-state index in [1.807, 2.05) is 0 Å². The Hall–Kier alpha value is -1.06. The van der Waals surface area contributed by atoms with Crippen LogP contribution in [0.2, 0.25) is 0 Å². The molecule has 102 valence electrons. The Labute approximate surface area is 109 Å². The van der Waals surface area contributed by atoms with Gasteiger partial charge in [-0.25, -0.2) is 0 Å². The number of nitrogens with one attached hydrogen (secondary N) is 2. The zero-order valence-electron chi connectivity index (χ0n) is 11.4. The van der Waals surface area contributed by atoms with E-state index >= 15 is 0 Å². The van der Waals surface area contributed by atoms with Crippen LogP contribution in [0.5, 0.6) is 0 Å². The fraction of sp³-hybridized carbons (Fsp3) is 0.857. The number of carbonyl (C=O) groups excluding carboxylic acids is 2. The normalized spacial score (nSPS) is 36.9. The summed E-state index contributed by atoms with van der Waals surface area (Å²) in [6, 6.07) is 0.325. The molecular formula is C14H24N2O2. The maximum absolute atomic E-state index is 12.1. The van der Waals surface area contributed by atoms with Crippen LogP contribution in [0, 0.1) is 17.8 Å². The van der Waals surface area contributed by atoms with E-state index in [1.54, 1.807) is 0 Å². The van der Waals surface area contributed by atoms with Gasteiger partial charge in [0.1, 0.15) is 0 Å². The Balaban J connectivity index is 1.82. The Morgan fingerprint density at radius 3 is 2.67 bits per heavy atom. The summed E-state index contributed by atoms with van der Waals surface area (Å²) in [5, 5.41) is 5.95. The van der Waals surface area contributed by atoms with Crippen LogP contribution in [0.25, 0.3) is 0 Å². The summed E-state index contributed by atoms with van der Waals surface area (Å²) < 4.78 is 0. The molecule has 1 heterocycles. The highest BCUT2D eigenvalue weighted by molar-refractivity contribution is 5.83. The minimum absolute atomic E-state index is 0.0331. The van der Waals surface area contributed by atoms with E-state index in [0.29, 0.717) is 31.3 Å². The Morgan fingerprint density at radius 2 is 2.06 bits per heavy atom. The van der Waals surface area contributed by atoms with Gasteiger partial charge in [-0.2, -0.15) is 0 Å². The lowest BCUT2D eigenvalue weighted by Gasteiger charge is -2.34. The van der Waals surface area contributed by atoms with Gasteiger partial charge in [-0.3, -0.25) is 9.59 Å². The van der Waals surface area contributed by atoms with Gasteiger partial charge in [-0.05, 0) is 37.5 Å². The maximum atomic E-state index is 12.1. The molecule has 0 aromatic carbocycles. The first kappa shape index (κ1) is 13.4. The maximum Gasteiger partial charge on any atom is 0.225 e. The molecule has 0 radical (unpaired) electrons. The highest BCUT2D eigenvalue weighted by atomic mass is 16.2. The Bertz CT molecular complexity index is 320. The number of hydrogen-bond acceptors (Lipinski definition) is 2. The minimum Gasteiger partial charge on any atom is -0.355 e. The van der Waals surface area contributed by atoms with Crippen molar-refractivity contribution in [3.8, 4) is 0 Å². The number of carbonyl (C=O) groups is 2. The molecule has 2 fully saturated rings. The lowest BCUT2D eigenvalue weighted by molar-refractivity contribution is -0.129. The fourth-order valence-electron chi connectivity index (χ4n) is 3.14. The van der Waals surface area contributed by atoms with Crippen molar-refractivity contribution in [3.05, 3.63) is 0 Å². The molecule has 4 nitrogen and oxygen atoms in total. The SMILES string of the molecule is CC1CCC(NC(=O)C2CCC(=O)NC2)C(C)C1. The standard InChI is InChI=1S/C14H24N2O2/c1-9-3-5-12(10(2)7-9)16-14(18)11-4-6-13(17)15-8-11/h9-12H,3-8H2,1-2H3,(H,15,17)(H,16,18). The number of piperidine rings is 1. The van der Waals surface area contributed by atoms with Gasteiger partial charge >= 0.3 is 0 Å². The van der Waals surface area contributed by atoms with Crippen LogP contribution in [0.3, 0.4) is 0 Å². The third kappa shape index (κ3) is 3.24. The summed E-state index contributed by atoms with van der Waals surface area (Å²) in [7, 11) is 0. The zero-order valence-corrected chi connectivity index (χ0v) is 11.4. The predicted molar refractivity (Wildman–Crippen MR) is 69.8 cm³/mol. The lowest BCUT2D eigenvalue weighted by Crippen LogP contribution is -2.48. The van der Waals surface area contributed by atoms with E-state index in [2.05, 4.69) is 24.5 Å². The van der Waals surface area contributed by atoms with Crippen LogP contribution in [-0.2, 0) is 9.59 Å². The van der Waals surface area contributed by atoms with Crippen LogP contribution < -0.4 is 10.6 Å². The molecule has 4 heteroatoms. The summed E-state index contributed by atoms with van der Waals surface area (Å²) in [5.41, 5.74) is 0. The van der Waals surface area contributed by atoms with Crippen molar-refractivity contribution in [2.45, 2.75) is 52.0 Å². The van der Waals surface area contributed by atoms with E-state index in [1.165, 1.54) is 12.8 Å². The van der Waals surface area contributed by atoms with E-state index in [9.17, 15) is 9.59 Å². The summed E-state index contributed by atoms with van der Waals surface area (Å²) in [4.78, 5) is 23.2. The molecular weight excluding hydrogens is 228 g/mol. The van der Waals surface area contributed by atoms with Gasteiger partial charge in [-0.15, -0.1) is 0 Å². The van der Waals surface area contributed by atoms with Gasteiger partial charge < -0.3 is 10.6 Å². The monoisotopic (exact) mass is 252 g/mol. The van der Waals surface area contributed by atoms with Crippen molar-refractivity contribution < 1.29 is 9.59 Å². The molecule has 4 unspecified atom stereocenters. The zero-order chi connectivity index (χ0) is 13.1. The van der Waals surface area contributed by atoms with Crippen molar-refractivity contribution in [2.24, 2.45) is 17.8 Å². The molecule has 1 aliphatic heterocycles. The Kier molecular flexibility index (Phi) is 4.25. The van der Waals surface area contributed by atoms with Crippen molar-refractivity contribution in [3.63, 3.8) is 0 Å². The minimum atomic E-state index is -0.0331. The van der Waals surface area contributed by atoms with Crippen LogP contribution >= 0.6 is 0 Å². The largest absolute Gasteiger partial charge is 0.355 e. The van der Waals surface area contributed by atoms with Crippen LogP contribution in [-0.4, -0.2) is 24.4 Å². The summed E-state index contributed by atoms with van der Waals surface area (Å²) in [6.45, 7) is 5.01. The predicted octanol–water partition coefficient (Wildman–Crippen LogP) is 1.45. The van der Waals surface area contributed by atoms with Gasteiger partial charge in [0, 0.05) is 19.0 Å². The van der Waals surface area contributed by atoms with E-state index in [4.69, 9.17) is 0 Å².